The molecule has 1 atom stereocenters. The third-order valence-corrected chi connectivity index (χ3v) is 5.49. The molecule has 0 unspecified atom stereocenters. The Balaban J connectivity index is 1.62. The maximum atomic E-state index is 13.3. The molecule has 4 aromatic rings. The molecule has 0 fully saturated rings. The standard InChI is InChI=1S/C23H19FN6O2/c1-13-21-17(16-5-3-4-6-19(16)32-2)11-20(31)27-22(21)30(29-13)23-26-18(12-25-28-23)14-7-9-15(24)10-8-14/h3-10,12,17H,11H2,1-2H3,(H,27,31)/t17-/m0/s1. The number of benzene rings is 2. The van der Waals surface area contributed by atoms with E-state index in [-0.39, 0.29) is 30.0 Å². The second-order valence-electron chi connectivity index (χ2n) is 7.45. The molecule has 0 saturated heterocycles. The van der Waals surface area contributed by atoms with Crippen LogP contribution in [0.4, 0.5) is 10.2 Å². The van der Waals surface area contributed by atoms with E-state index >= 15 is 0 Å². The van der Waals surface area contributed by atoms with Crippen molar-refractivity contribution in [3.8, 4) is 23.0 Å². The highest BCUT2D eigenvalue weighted by Crippen LogP contribution is 2.42. The first-order valence-electron chi connectivity index (χ1n) is 10.0. The molecule has 0 bridgehead atoms. The molecule has 1 aliphatic heterocycles. The fraction of sp³-hybridized carbons (Fsp3) is 0.174. The molecule has 3 heterocycles. The maximum Gasteiger partial charge on any atom is 0.272 e. The zero-order valence-corrected chi connectivity index (χ0v) is 17.4. The van der Waals surface area contributed by atoms with Crippen LogP contribution >= 0.6 is 0 Å². The predicted molar refractivity (Wildman–Crippen MR) is 115 cm³/mol. The van der Waals surface area contributed by atoms with Gasteiger partial charge in [-0.15, -0.1) is 5.10 Å². The van der Waals surface area contributed by atoms with Gasteiger partial charge in [-0.05, 0) is 37.3 Å². The van der Waals surface area contributed by atoms with Crippen molar-refractivity contribution >= 4 is 11.7 Å². The molecule has 1 N–H and O–H groups in total. The number of aryl methyl sites for hydroxylation is 1. The second kappa shape index (κ2) is 7.84. The summed E-state index contributed by atoms with van der Waals surface area (Å²) >= 11 is 0. The van der Waals surface area contributed by atoms with Crippen molar-refractivity contribution in [3.05, 3.63) is 77.4 Å². The summed E-state index contributed by atoms with van der Waals surface area (Å²) in [5, 5.41) is 15.7. The number of para-hydroxylation sites is 1. The van der Waals surface area contributed by atoms with Crippen LogP contribution in [-0.2, 0) is 4.79 Å². The molecule has 2 aromatic heterocycles. The molecule has 8 nitrogen and oxygen atoms in total. The zero-order valence-electron chi connectivity index (χ0n) is 17.4. The number of nitrogens with one attached hydrogen (secondary N) is 1. The lowest BCUT2D eigenvalue weighted by molar-refractivity contribution is -0.116. The van der Waals surface area contributed by atoms with E-state index in [4.69, 9.17) is 4.74 Å². The van der Waals surface area contributed by atoms with Gasteiger partial charge in [-0.2, -0.15) is 14.9 Å². The number of methoxy groups -OCH3 is 1. The van der Waals surface area contributed by atoms with Crippen LogP contribution < -0.4 is 10.1 Å². The van der Waals surface area contributed by atoms with E-state index in [9.17, 15) is 9.18 Å². The van der Waals surface area contributed by atoms with Crippen molar-refractivity contribution in [1.82, 2.24) is 25.0 Å². The van der Waals surface area contributed by atoms with Gasteiger partial charge in [0.2, 0.25) is 5.91 Å². The summed E-state index contributed by atoms with van der Waals surface area (Å²) in [5.41, 5.74) is 3.74. The summed E-state index contributed by atoms with van der Waals surface area (Å²) in [6.07, 6.45) is 1.77. The highest BCUT2D eigenvalue weighted by atomic mass is 19.1. The molecular formula is C23H19FN6O2. The summed E-state index contributed by atoms with van der Waals surface area (Å²) in [6.45, 7) is 1.88. The molecule has 0 radical (unpaired) electrons. The second-order valence-corrected chi connectivity index (χ2v) is 7.45. The van der Waals surface area contributed by atoms with Crippen molar-refractivity contribution in [1.29, 1.82) is 0 Å². The predicted octanol–water partition coefficient (Wildman–Crippen LogP) is 3.65. The number of hydrogen-bond acceptors (Lipinski definition) is 6. The number of hydrogen-bond donors (Lipinski definition) is 1. The van der Waals surface area contributed by atoms with Crippen molar-refractivity contribution in [2.75, 3.05) is 12.4 Å². The molecule has 160 valence electrons. The summed E-state index contributed by atoms with van der Waals surface area (Å²) < 4.78 is 20.3. The van der Waals surface area contributed by atoms with Crippen LogP contribution in [0.3, 0.4) is 0 Å². The maximum absolute atomic E-state index is 13.3. The SMILES string of the molecule is COc1ccccc1[C@@H]1CC(=O)Nc2c1c(C)nn2-c1nncc(-c2ccc(F)cc2)n1. The third kappa shape index (κ3) is 3.37. The number of carbonyl (C=O) groups excluding carboxylic acids is 1. The Hall–Kier alpha value is -4.14. The average molecular weight is 430 g/mol. The van der Waals surface area contributed by atoms with Crippen molar-refractivity contribution in [3.63, 3.8) is 0 Å². The van der Waals surface area contributed by atoms with Gasteiger partial charge in [0.25, 0.3) is 5.95 Å². The molecular weight excluding hydrogens is 411 g/mol. The molecule has 9 heteroatoms. The van der Waals surface area contributed by atoms with Gasteiger partial charge < -0.3 is 10.1 Å². The molecule has 1 amide bonds. The van der Waals surface area contributed by atoms with Crippen LogP contribution in [0.5, 0.6) is 5.75 Å². The molecule has 0 saturated carbocycles. The Kier molecular flexibility index (Phi) is 4.85. The van der Waals surface area contributed by atoms with Crippen LogP contribution in [0.2, 0.25) is 0 Å². The van der Waals surface area contributed by atoms with Gasteiger partial charge in [-0.25, -0.2) is 9.37 Å². The van der Waals surface area contributed by atoms with Crippen molar-refractivity contribution < 1.29 is 13.9 Å². The quantitative estimate of drug-likeness (QED) is 0.531. The largest absolute Gasteiger partial charge is 0.496 e. The zero-order chi connectivity index (χ0) is 22.2. The van der Waals surface area contributed by atoms with Crippen LogP contribution in [-0.4, -0.2) is 38.0 Å². The van der Waals surface area contributed by atoms with Crippen molar-refractivity contribution in [2.24, 2.45) is 0 Å². The smallest absolute Gasteiger partial charge is 0.272 e. The number of nitrogens with zero attached hydrogens (tertiary/aromatic N) is 5. The molecule has 2 aromatic carbocycles. The van der Waals surface area contributed by atoms with Gasteiger partial charge in [0.1, 0.15) is 17.4 Å². The van der Waals surface area contributed by atoms with Crippen LogP contribution in [0.25, 0.3) is 17.2 Å². The summed E-state index contributed by atoms with van der Waals surface area (Å²) in [4.78, 5) is 17.2. The fourth-order valence-electron chi connectivity index (χ4n) is 4.06. The Bertz CT molecular complexity index is 1320. The fourth-order valence-corrected chi connectivity index (χ4v) is 4.06. The highest BCUT2D eigenvalue weighted by Gasteiger charge is 2.34. The monoisotopic (exact) mass is 430 g/mol. The summed E-state index contributed by atoms with van der Waals surface area (Å²) in [5.74, 6) is 0.721. The Morgan fingerprint density at radius 3 is 2.72 bits per heavy atom. The van der Waals surface area contributed by atoms with Gasteiger partial charge in [-0.3, -0.25) is 4.79 Å². The third-order valence-electron chi connectivity index (χ3n) is 5.49. The number of rotatable bonds is 4. The number of carbonyl (C=O) groups is 1. The van der Waals surface area contributed by atoms with Gasteiger partial charge in [0.15, 0.2) is 0 Å². The Morgan fingerprint density at radius 1 is 1.16 bits per heavy atom. The molecule has 0 spiro atoms. The number of ether oxygens (including phenoxy) is 1. The van der Waals surface area contributed by atoms with E-state index in [1.54, 1.807) is 19.2 Å². The van der Waals surface area contributed by atoms with Crippen LogP contribution in [0.15, 0.2) is 54.7 Å². The number of anilines is 1. The van der Waals surface area contributed by atoms with Gasteiger partial charge in [-0.1, -0.05) is 18.2 Å². The van der Waals surface area contributed by atoms with Gasteiger partial charge >= 0.3 is 0 Å². The number of amides is 1. The highest BCUT2D eigenvalue weighted by molar-refractivity contribution is 5.95. The van der Waals surface area contributed by atoms with Gasteiger partial charge in [0.05, 0.1) is 24.7 Å². The normalized spacial score (nSPS) is 15.2. The number of fused-ring (bicyclic) bond motifs is 1. The van der Waals surface area contributed by atoms with Crippen molar-refractivity contribution in [2.45, 2.75) is 19.3 Å². The lowest BCUT2D eigenvalue weighted by Gasteiger charge is -2.25. The van der Waals surface area contributed by atoms with E-state index in [2.05, 4.69) is 25.6 Å². The first-order chi connectivity index (χ1) is 15.5. The van der Waals surface area contributed by atoms with E-state index in [1.807, 2.05) is 31.2 Å². The summed E-state index contributed by atoms with van der Waals surface area (Å²) in [6, 6.07) is 13.6. The first kappa shape index (κ1) is 19.8. The molecule has 32 heavy (non-hydrogen) atoms. The average Bonchev–Trinajstić information content (AvgIpc) is 3.15. The molecule has 0 aliphatic carbocycles. The van der Waals surface area contributed by atoms with E-state index in [0.717, 1.165) is 16.8 Å². The summed E-state index contributed by atoms with van der Waals surface area (Å²) in [7, 11) is 1.61. The topological polar surface area (TPSA) is 94.8 Å². The minimum atomic E-state index is -0.335. The van der Waals surface area contributed by atoms with Crippen LogP contribution in [0.1, 0.15) is 29.2 Å². The minimum absolute atomic E-state index is 0.141. The first-order valence-corrected chi connectivity index (χ1v) is 10.0. The Labute approximate surface area is 183 Å². The van der Waals surface area contributed by atoms with E-state index < -0.39 is 0 Å². The minimum Gasteiger partial charge on any atom is -0.496 e. The van der Waals surface area contributed by atoms with Crippen LogP contribution in [0, 0.1) is 12.7 Å². The molecule has 1 aliphatic rings. The number of aromatic nitrogens is 5. The Morgan fingerprint density at radius 2 is 1.94 bits per heavy atom. The van der Waals surface area contributed by atoms with Gasteiger partial charge in [0, 0.05) is 29.0 Å². The van der Waals surface area contributed by atoms with E-state index in [1.165, 1.54) is 23.0 Å². The molecule has 5 rings (SSSR count). The van der Waals surface area contributed by atoms with E-state index in [0.29, 0.717) is 22.8 Å². The number of halogens is 1. The lowest BCUT2D eigenvalue weighted by atomic mass is 9.85. The lowest BCUT2D eigenvalue weighted by Crippen LogP contribution is -2.25.